The summed E-state index contributed by atoms with van der Waals surface area (Å²) in [6.45, 7) is -0.552. The normalized spacial score (nSPS) is 10.1. The van der Waals surface area contributed by atoms with Crippen LogP contribution in [0.25, 0.3) is 11.3 Å². The summed E-state index contributed by atoms with van der Waals surface area (Å²) in [5.41, 5.74) is 1.77. The molecule has 0 spiro atoms. The molecule has 0 bridgehead atoms. The third kappa shape index (κ3) is 2.80. The smallest absolute Gasteiger partial charge is 0.264 e. The molecule has 0 aliphatic heterocycles. The van der Waals surface area contributed by atoms with Gasteiger partial charge in [-0.3, -0.25) is 9.59 Å². The lowest BCUT2D eigenvalue weighted by Gasteiger charge is -2.04. The molecule has 0 fully saturated rings. The number of carbonyl (C=O) groups excluding carboxylic acids is 1. The molecule has 0 saturated carbocycles. The first kappa shape index (κ1) is 12.0. The van der Waals surface area contributed by atoms with Gasteiger partial charge in [-0.2, -0.15) is 5.10 Å². The molecule has 0 saturated heterocycles. The maximum atomic E-state index is 11.0. The van der Waals surface area contributed by atoms with Crippen molar-refractivity contribution in [3.05, 3.63) is 46.8 Å². The van der Waals surface area contributed by atoms with Crippen molar-refractivity contribution in [3.63, 3.8) is 0 Å². The summed E-state index contributed by atoms with van der Waals surface area (Å²) in [6, 6.07) is 9.90. The van der Waals surface area contributed by atoms with Gasteiger partial charge in [-0.05, 0) is 18.2 Å². The molecular formula is C12H11N3O3. The Bertz CT molecular complexity index is 584. The maximum absolute atomic E-state index is 11.0. The van der Waals surface area contributed by atoms with Crippen molar-refractivity contribution in [2.24, 2.45) is 0 Å². The van der Waals surface area contributed by atoms with Crippen molar-refractivity contribution in [1.29, 1.82) is 0 Å². The largest absolute Gasteiger partial charge is 0.387 e. The molecule has 1 amide bonds. The second-order valence-electron chi connectivity index (χ2n) is 3.59. The van der Waals surface area contributed by atoms with E-state index in [4.69, 9.17) is 5.11 Å². The van der Waals surface area contributed by atoms with E-state index < -0.39 is 12.5 Å². The van der Waals surface area contributed by atoms with Crippen molar-refractivity contribution in [2.75, 3.05) is 11.9 Å². The highest BCUT2D eigenvalue weighted by Crippen LogP contribution is 2.17. The van der Waals surface area contributed by atoms with Gasteiger partial charge in [0.2, 0.25) is 5.91 Å². The Labute approximate surface area is 102 Å². The van der Waals surface area contributed by atoms with Crippen LogP contribution in [0.4, 0.5) is 5.69 Å². The highest BCUT2D eigenvalue weighted by atomic mass is 16.3. The molecule has 2 rings (SSSR count). The van der Waals surface area contributed by atoms with Crippen LogP contribution in [-0.2, 0) is 4.79 Å². The highest BCUT2D eigenvalue weighted by molar-refractivity contribution is 5.91. The number of amides is 1. The monoisotopic (exact) mass is 245 g/mol. The minimum atomic E-state index is -0.552. The number of carbonyl (C=O) groups is 1. The Morgan fingerprint density at radius 1 is 1.22 bits per heavy atom. The van der Waals surface area contributed by atoms with Gasteiger partial charge in [0.15, 0.2) is 0 Å². The summed E-state index contributed by atoms with van der Waals surface area (Å²) < 4.78 is 0. The van der Waals surface area contributed by atoms with Gasteiger partial charge < -0.3 is 10.4 Å². The molecule has 6 nitrogen and oxygen atoms in total. The molecule has 6 heteroatoms. The second kappa shape index (κ2) is 5.24. The number of H-pyrrole nitrogens is 1. The van der Waals surface area contributed by atoms with Crippen molar-refractivity contribution in [1.82, 2.24) is 10.2 Å². The van der Waals surface area contributed by atoms with E-state index in [1.165, 1.54) is 6.07 Å². The molecule has 0 atom stereocenters. The predicted octanol–water partition coefficient (Wildman–Crippen LogP) is 0.368. The topological polar surface area (TPSA) is 95.1 Å². The molecule has 92 valence electrons. The van der Waals surface area contributed by atoms with Gasteiger partial charge in [0, 0.05) is 17.3 Å². The van der Waals surface area contributed by atoms with E-state index in [-0.39, 0.29) is 5.56 Å². The Hall–Kier alpha value is -2.47. The molecule has 3 N–H and O–H groups in total. The number of rotatable bonds is 3. The lowest BCUT2D eigenvalue weighted by Crippen LogP contribution is -2.15. The minimum absolute atomic E-state index is 0.259. The van der Waals surface area contributed by atoms with Gasteiger partial charge in [-0.1, -0.05) is 12.1 Å². The van der Waals surface area contributed by atoms with Crippen LogP contribution in [0, 0.1) is 0 Å². The zero-order valence-electron chi connectivity index (χ0n) is 9.38. The lowest BCUT2D eigenvalue weighted by molar-refractivity contribution is -0.118. The first-order chi connectivity index (χ1) is 8.69. The van der Waals surface area contributed by atoms with Crippen molar-refractivity contribution < 1.29 is 9.90 Å². The predicted molar refractivity (Wildman–Crippen MR) is 66.0 cm³/mol. The SMILES string of the molecule is O=C(CO)Nc1ccc(-c2ccc(=O)[nH]n2)cc1. The average molecular weight is 245 g/mol. The van der Waals surface area contributed by atoms with Crippen molar-refractivity contribution in [3.8, 4) is 11.3 Å². The summed E-state index contributed by atoms with van der Waals surface area (Å²) >= 11 is 0. The van der Waals surface area contributed by atoms with E-state index in [1.54, 1.807) is 30.3 Å². The standard InChI is InChI=1S/C12H11N3O3/c16-7-12(18)13-9-3-1-8(2-4-9)10-5-6-11(17)15-14-10/h1-6,16H,7H2,(H,13,18)(H,15,17). The molecule has 0 radical (unpaired) electrons. The van der Waals surface area contributed by atoms with Gasteiger partial charge in [-0.15, -0.1) is 0 Å². The Morgan fingerprint density at radius 3 is 2.50 bits per heavy atom. The van der Waals surface area contributed by atoms with Gasteiger partial charge in [0.1, 0.15) is 6.61 Å². The molecule has 2 aromatic rings. The van der Waals surface area contributed by atoms with E-state index in [1.807, 2.05) is 0 Å². The molecule has 1 aromatic heterocycles. The van der Waals surface area contributed by atoms with Crippen LogP contribution in [0.1, 0.15) is 0 Å². The van der Waals surface area contributed by atoms with Crippen molar-refractivity contribution in [2.45, 2.75) is 0 Å². The van der Waals surface area contributed by atoms with Crippen LogP contribution in [0.15, 0.2) is 41.2 Å². The highest BCUT2D eigenvalue weighted by Gasteiger charge is 2.02. The molecule has 18 heavy (non-hydrogen) atoms. The molecule has 1 aromatic carbocycles. The molecule has 0 aliphatic rings. The number of nitrogens with one attached hydrogen (secondary N) is 2. The van der Waals surface area contributed by atoms with E-state index in [0.29, 0.717) is 11.4 Å². The fraction of sp³-hybridized carbons (Fsp3) is 0.0833. The van der Waals surface area contributed by atoms with Crippen LogP contribution in [0.2, 0.25) is 0 Å². The van der Waals surface area contributed by atoms with E-state index >= 15 is 0 Å². The third-order valence-electron chi connectivity index (χ3n) is 2.29. The van der Waals surface area contributed by atoms with Gasteiger partial charge in [-0.25, -0.2) is 5.10 Å². The molecule has 0 unspecified atom stereocenters. The Morgan fingerprint density at radius 2 is 1.94 bits per heavy atom. The van der Waals surface area contributed by atoms with Gasteiger partial charge >= 0.3 is 0 Å². The number of nitrogens with zero attached hydrogens (tertiary/aromatic N) is 1. The lowest BCUT2D eigenvalue weighted by atomic mass is 10.1. The number of aromatic nitrogens is 2. The summed E-state index contributed by atoms with van der Waals surface area (Å²) in [4.78, 5) is 21.8. The Balaban J connectivity index is 2.19. The fourth-order valence-corrected chi connectivity index (χ4v) is 1.43. The number of aliphatic hydroxyl groups is 1. The molecule has 1 heterocycles. The van der Waals surface area contributed by atoms with Crippen LogP contribution < -0.4 is 10.9 Å². The second-order valence-corrected chi connectivity index (χ2v) is 3.59. The van der Waals surface area contributed by atoms with Crippen LogP contribution in [0.5, 0.6) is 0 Å². The minimum Gasteiger partial charge on any atom is -0.387 e. The quantitative estimate of drug-likeness (QED) is 0.728. The number of benzene rings is 1. The molecular weight excluding hydrogens is 234 g/mol. The summed E-state index contributed by atoms with van der Waals surface area (Å²) in [5.74, 6) is -0.468. The van der Waals surface area contributed by atoms with Gasteiger partial charge in [0.25, 0.3) is 5.56 Å². The number of aliphatic hydroxyl groups excluding tert-OH is 1. The van der Waals surface area contributed by atoms with Crippen LogP contribution in [-0.4, -0.2) is 27.8 Å². The van der Waals surface area contributed by atoms with E-state index in [0.717, 1.165) is 5.56 Å². The first-order valence-electron chi connectivity index (χ1n) is 5.26. The summed E-state index contributed by atoms with van der Waals surface area (Å²) in [7, 11) is 0. The average Bonchev–Trinajstić information content (AvgIpc) is 2.40. The van der Waals surface area contributed by atoms with E-state index in [2.05, 4.69) is 15.5 Å². The van der Waals surface area contributed by atoms with Crippen LogP contribution in [0.3, 0.4) is 0 Å². The Kier molecular flexibility index (Phi) is 3.49. The third-order valence-corrected chi connectivity index (χ3v) is 2.29. The van der Waals surface area contributed by atoms with Crippen molar-refractivity contribution >= 4 is 11.6 Å². The number of hydrogen-bond acceptors (Lipinski definition) is 4. The van der Waals surface area contributed by atoms with E-state index in [9.17, 15) is 9.59 Å². The first-order valence-corrected chi connectivity index (χ1v) is 5.26. The number of aromatic amines is 1. The zero-order chi connectivity index (χ0) is 13.0. The van der Waals surface area contributed by atoms with Crippen LogP contribution >= 0.6 is 0 Å². The summed E-state index contributed by atoms with van der Waals surface area (Å²) in [6.07, 6.45) is 0. The summed E-state index contributed by atoms with van der Waals surface area (Å²) in [5, 5.41) is 17.3. The number of anilines is 1. The fourth-order valence-electron chi connectivity index (χ4n) is 1.43. The van der Waals surface area contributed by atoms with Gasteiger partial charge in [0.05, 0.1) is 5.69 Å². The maximum Gasteiger partial charge on any atom is 0.264 e. The zero-order valence-corrected chi connectivity index (χ0v) is 9.38. The number of hydrogen-bond donors (Lipinski definition) is 3. The molecule has 0 aliphatic carbocycles.